The monoisotopic (exact) mass is 385 g/mol. The zero-order chi connectivity index (χ0) is 20.6. The summed E-state index contributed by atoms with van der Waals surface area (Å²) in [6, 6.07) is 25.0. The van der Waals surface area contributed by atoms with Crippen molar-refractivity contribution >= 4 is 23.2 Å². The molecule has 0 heterocycles. The van der Waals surface area contributed by atoms with Gasteiger partial charge in [0.1, 0.15) is 24.1 Å². The number of carbonyl (C=O) groups is 2. The second kappa shape index (κ2) is 9.20. The molecule has 0 aliphatic rings. The molecular weight excluding hydrogens is 366 g/mol. The first-order valence-corrected chi connectivity index (χ1v) is 8.97. The van der Waals surface area contributed by atoms with E-state index in [4.69, 9.17) is 10.00 Å². The highest BCUT2D eigenvalue weighted by Crippen LogP contribution is 2.24. The van der Waals surface area contributed by atoms with E-state index in [0.717, 1.165) is 0 Å². The van der Waals surface area contributed by atoms with Crippen LogP contribution < -0.4 is 15.0 Å². The van der Waals surface area contributed by atoms with Gasteiger partial charge in [0.15, 0.2) is 0 Å². The van der Waals surface area contributed by atoms with Crippen LogP contribution in [0.25, 0.3) is 0 Å². The van der Waals surface area contributed by atoms with E-state index in [9.17, 15) is 9.59 Å². The predicted octanol–water partition coefficient (Wildman–Crippen LogP) is 4.34. The highest BCUT2D eigenvalue weighted by atomic mass is 16.5. The molecule has 3 aromatic carbocycles. The van der Waals surface area contributed by atoms with Gasteiger partial charge in [-0.25, -0.2) is 0 Å². The Balaban J connectivity index is 1.70. The van der Waals surface area contributed by atoms with Gasteiger partial charge in [0.25, 0.3) is 0 Å². The molecule has 2 amide bonds. The molecule has 0 aliphatic heterocycles. The van der Waals surface area contributed by atoms with Crippen molar-refractivity contribution in [1.82, 2.24) is 0 Å². The van der Waals surface area contributed by atoms with Crippen LogP contribution in [0.5, 0.6) is 11.5 Å². The van der Waals surface area contributed by atoms with Crippen molar-refractivity contribution in [2.45, 2.75) is 6.92 Å². The molecule has 0 unspecified atom stereocenters. The normalized spacial score (nSPS) is 9.93. The fourth-order valence-corrected chi connectivity index (χ4v) is 2.73. The van der Waals surface area contributed by atoms with Crippen molar-refractivity contribution < 1.29 is 14.3 Å². The zero-order valence-electron chi connectivity index (χ0n) is 15.8. The van der Waals surface area contributed by atoms with E-state index in [2.05, 4.69) is 5.32 Å². The van der Waals surface area contributed by atoms with Crippen LogP contribution in [0.4, 0.5) is 11.4 Å². The summed E-state index contributed by atoms with van der Waals surface area (Å²) in [5, 5.41) is 11.8. The van der Waals surface area contributed by atoms with Gasteiger partial charge in [-0.1, -0.05) is 30.3 Å². The summed E-state index contributed by atoms with van der Waals surface area (Å²) in [6.07, 6.45) is 0. The summed E-state index contributed by atoms with van der Waals surface area (Å²) in [6.45, 7) is 1.22. The van der Waals surface area contributed by atoms with Crippen molar-refractivity contribution in [3.63, 3.8) is 0 Å². The van der Waals surface area contributed by atoms with E-state index >= 15 is 0 Å². The van der Waals surface area contributed by atoms with Gasteiger partial charge in [0.2, 0.25) is 11.8 Å². The number of amides is 2. The number of nitriles is 1. The molecule has 0 saturated heterocycles. The molecule has 0 fully saturated rings. The zero-order valence-corrected chi connectivity index (χ0v) is 15.8. The van der Waals surface area contributed by atoms with Gasteiger partial charge in [-0.3, -0.25) is 9.59 Å². The standard InChI is InChI=1S/C23H19N3O3/c1-17(27)26(16-23(28)25-22-10-6-5-7-18(22)15-24)19-11-13-21(14-12-19)29-20-8-3-2-4-9-20/h2-14H,16H2,1H3,(H,25,28). The number of benzene rings is 3. The molecule has 0 radical (unpaired) electrons. The molecule has 3 aromatic rings. The van der Waals surface area contributed by atoms with Gasteiger partial charge < -0.3 is 15.0 Å². The predicted molar refractivity (Wildman–Crippen MR) is 111 cm³/mol. The Labute approximate surface area is 169 Å². The third kappa shape index (κ3) is 5.21. The Hall–Kier alpha value is -4.11. The molecule has 0 aliphatic carbocycles. The molecule has 144 valence electrons. The van der Waals surface area contributed by atoms with Crippen LogP contribution in [0, 0.1) is 11.3 Å². The van der Waals surface area contributed by atoms with Crippen LogP contribution in [0.2, 0.25) is 0 Å². The Morgan fingerprint density at radius 2 is 1.55 bits per heavy atom. The van der Waals surface area contributed by atoms with Crippen molar-refractivity contribution in [2.75, 3.05) is 16.8 Å². The Bertz CT molecular complexity index is 1040. The first-order valence-electron chi connectivity index (χ1n) is 8.97. The molecular formula is C23H19N3O3. The number of anilines is 2. The Kier molecular flexibility index (Phi) is 6.23. The summed E-state index contributed by atoms with van der Waals surface area (Å²) in [5.41, 5.74) is 1.34. The SMILES string of the molecule is CC(=O)N(CC(=O)Nc1ccccc1C#N)c1ccc(Oc2ccccc2)cc1. The molecule has 0 spiro atoms. The maximum Gasteiger partial charge on any atom is 0.244 e. The first-order chi connectivity index (χ1) is 14.1. The summed E-state index contributed by atoms with van der Waals surface area (Å²) in [4.78, 5) is 25.9. The molecule has 0 aromatic heterocycles. The number of nitrogens with zero attached hydrogens (tertiary/aromatic N) is 2. The van der Waals surface area contributed by atoms with Gasteiger partial charge in [0.05, 0.1) is 11.3 Å². The van der Waals surface area contributed by atoms with E-state index in [0.29, 0.717) is 28.4 Å². The molecule has 29 heavy (non-hydrogen) atoms. The third-order valence-corrected chi connectivity index (χ3v) is 4.13. The van der Waals surface area contributed by atoms with E-state index in [1.165, 1.54) is 11.8 Å². The summed E-state index contributed by atoms with van der Waals surface area (Å²) in [7, 11) is 0. The van der Waals surface area contributed by atoms with E-state index in [-0.39, 0.29) is 12.5 Å². The van der Waals surface area contributed by atoms with Crippen LogP contribution in [0.1, 0.15) is 12.5 Å². The number of ether oxygens (including phenoxy) is 1. The van der Waals surface area contributed by atoms with E-state index in [1.807, 2.05) is 36.4 Å². The lowest BCUT2D eigenvalue weighted by Crippen LogP contribution is -2.36. The third-order valence-electron chi connectivity index (χ3n) is 4.13. The molecule has 0 bridgehead atoms. The topological polar surface area (TPSA) is 82.4 Å². The molecule has 6 heteroatoms. The largest absolute Gasteiger partial charge is 0.457 e. The Morgan fingerprint density at radius 1 is 0.931 bits per heavy atom. The minimum Gasteiger partial charge on any atom is -0.457 e. The van der Waals surface area contributed by atoms with Crippen LogP contribution in [-0.2, 0) is 9.59 Å². The second-order valence-corrected chi connectivity index (χ2v) is 6.22. The van der Waals surface area contributed by atoms with Crippen molar-refractivity contribution in [2.24, 2.45) is 0 Å². The molecule has 6 nitrogen and oxygen atoms in total. The number of hydrogen-bond donors (Lipinski definition) is 1. The van der Waals surface area contributed by atoms with Crippen LogP contribution in [0.15, 0.2) is 78.9 Å². The highest BCUT2D eigenvalue weighted by Gasteiger charge is 2.17. The van der Waals surface area contributed by atoms with Crippen molar-refractivity contribution in [1.29, 1.82) is 5.26 Å². The van der Waals surface area contributed by atoms with Crippen molar-refractivity contribution in [3.05, 3.63) is 84.4 Å². The minimum atomic E-state index is -0.396. The minimum absolute atomic E-state index is 0.173. The summed E-state index contributed by atoms with van der Waals surface area (Å²) in [5.74, 6) is 0.660. The lowest BCUT2D eigenvalue weighted by molar-refractivity contribution is -0.120. The van der Waals surface area contributed by atoms with Gasteiger partial charge >= 0.3 is 0 Å². The smallest absolute Gasteiger partial charge is 0.244 e. The van der Waals surface area contributed by atoms with Gasteiger partial charge in [0, 0.05) is 12.6 Å². The van der Waals surface area contributed by atoms with Gasteiger partial charge in [-0.15, -0.1) is 0 Å². The summed E-state index contributed by atoms with van der Waals surface area (Å²) < 4.78 is 5.75. The number of carbonyl (C=O) groups excluding carboxylic acids is 2. The number of hydrogen-bond acceptors (Lipinski definition) is 4. The number of nitrogens with one attached hydrogen (secondary N) is 1. The molecule has 3 rings (SSSR count). The van der Waals surface area contributed by atoms with Crippen molar-refractivity contribution in [3.8, 4) is 17.6 Å². The fourth-order valence-electron chi connectivity index (χ4n) is 2.73. The van der Waals surface area contributed by atoms with Crippen LogP contribution in [-0.4, -0.2) is 18.4 Å². The average Bonchev–Trinajstić information content (AvgIpc) is 2.74. The second-order valence-electron chi connectivity index (χ2n) is 6.22. The van der Waals surface area contributed by atoms with E-state index < -0.39 is 5.91 Å². The fraction of sp³-hybridized carbons (Fsp3) is 0.0870. The lowest BCUT2D eigenvalue weighted by Gasteiger charge is -2.21. The molecule has 1 N–H and O–H groups in total. The number of para-hydroxylation sites is 2. The summed E-state index contributed by atoms with van der Waals surface area (Å²) >= 11 is 0. The number of rotatable bonds is 6. The average molecular weight is 385 g/mol. The highest BCUT2D eigenvalue weighted by molar-refractivity contribution is 6.02. The van der Waals surface area contributed by atoms with Gasteiger partial charge in [-0.2, -0.15) is 5.26 Å². The Morgan fingerprint density at radius 3 is 2.21 bits per heavy atom. The quantitative estimate of drug-likeness (QED) is 0.684. The molecule has 0 atom stereocenters. The molecule has 0 saturated carbocycles. The maximum absolute atomic E-state index is 12.4. The van der Waals surface area contributed by atoms with Crippen LogP contribution in [0.3, 0.4) is 0 Å². The lowest BCUT2D eigenvalue weighted by atomic mass is 10.2. The van der Waals surface area contributed by atoms with E-state index in [1.54, 1.807) is 48.5 Å². The first kappa shape index (κ1) is 19.6. The maximum atomic E-state index is 12.4. The van der Waals surface area contributed by atoms with Gasteiger partial charge in [-0.05, 0) is 48.5 Å². The van der Waals surface area contributed by atoms with Crippen LogP contribution >= 0.6 is 0 Å².